The fraction of sp³-hybridized carbons (Fsp3) is 0.808. The van der Waals surface area contributed by atoms with Gasteiger partial charge in [0, 0.05) is 58.3 Å². The average Bonchev–Trinajstić information content (AvgIpc) is 2.77. The van der Waals surface area contributed by atoms with Crippen LogP contribution in [0.15, 0.2) is 0 Å². The Morgan fingerprint density at radius 3 is 0.625 bits per heavy atom. The van der Waals surface area contributed by atoms with Crippen molar-refractivity contribution in [3.63, 3.8) is 0 Å². The Hall–Kier alpha value is -1.85. The Labute approximate surface area is 193 Å². The van der Waals surface area contributed by atoms with Gasteiger partial charge in [-0.15, -0.1) is 0 Å². The van der Waals surface area contributed by atoms with Crippen LogP contribution in [0, 0.1) is 0 Å². The van der Waals surface area contributed by atoms with Crippen molar-refractivity contribution in [3.8, 4) is 0 Å². The second-order valence-corrected chi connectivity index (χ2v) is 8.92. The Bertz CT molecular complexity index is 443. The Balaban J connectivity index is 0.000000380. The van der Waals surface area contributed by atoms with E-state index in [9.17, 15) is 19.2 Å². The van der Waals surface area contributed by atoms with Crippen molar-refractivity contribution < 1.29 is 29.1 Å². The summed E-state index contributed by atoms with van der Waals surface area (Å²) in [4.78, 5) is 50.9. The first kappa shape index (κ1) is 30.1. The first-order valence-electron chi connectivity index (χ1n) is 12.6. The highest BCUT2D eigenvalue weighted by Crippen LogP contribution is 2.14. The third-order valence-electron chi connectivity index (χ3n) is 5.64. The number of carboxylic acid groups (broad SMARTS) is 1. The summed E-state index contributed by atoms with van der Waals surface area (Å²) in [5, 5.41) is 7.42. The fourth-order valence-corrected chi connectivity index (χ4v) is 3.78. The highest BCUT2D eigenvalue weighted by molar-refractivity contribution is 5.79. The van der Waals surface area contributed by atoms with Crippen LogP contribution in [0.2, 0.25) is 0 Å². The molecule has 6 nitrogen and oxygen atoms in total. The molecule has 0 unspecified atom stereocenters. The summed E-state index contributed by atoms with van der Waals surface area (Å²) in [5.41, 5.74) is 0. The Morgan fingerprint density at radius 2 is 0.562 bits per heavy atom. The lowest BCUT2D eigenvalue weighted by Gasteiger charge is -2.05. The van der Waals surface area contributed by atoms with Crippen molar-refractivity contribution in [2.24, 2.45) is 0 Å². The third kappa shape index (κ3) is 22.8. The molecule has 0 bridgehead atoms. The van der Waals surface area contributed by atoms with Crippen molar-refractivity contribution in [1.29, 1.82) is 0 Å². The molecule has 0 aromatic carbocycles. The van der Waals surface area contributed by atoms with Crippen LogP contribution in [0.1, 0.15) is 135 Å². The van der Waals surface area contributed by atoms with Crippen LogP contribution in [-0.4, -0.2) is 34.2 Å². The van der Waals surface area contributed by atoms with Crippen molar-refractivity contribution in [2.45, 2.75) is 135 Å². The third-order valence-corrected chi connectivity index (χ3v) is 5.64. The summed E-state index contributed by atoms with van der Waals surface area (Å²) in [7, 11) is 0. The molecule has 0 radical (unpaired) electrons. The van der Waals surface area contributed by atoms with Crippen LogP contribution in [0.3, 0.4) is 0 Å². The van der Waals surface area contributed by atoms with E-state index in [0.717, 1.165) is 110 Å². The highest BCUT2D eigenvalue weighted by Gasteiger charge is 2.07. The molecule has 32 heavy (non-hydrogen) atoms. The van der Waals surface area contributed by atoms with Crippen LogP contribution < -0.4 is 0 Å². The quantitative estimate of drug-likeness (QED) is 0.471. The molecule has 4 aliphatic rings. The zero-order valence-corrected chi connectivity index (χ0v) is 20.1. The molecule has 4 fully saturated rings. The molecule has 4 rings (SSSR count). The van der Waals surface area contributed by atoms with Gasteiger partial charge in [0.05, 0.1) is 0 Å². The van der Waals surface area contributed by atoms with E-state index in [1.807, 2.05) is 0 Å². The molecule has 0 aromatic rings. The smallest absolute Gasteiger partial charge is 0.300 e. The Kier molecular flexibility index (Phi) is 19.8. The van der Waals surface area contributed by atoms with Gasteiger partial charge in [0.1, 0.15) is 23.1 Å². The molecule has 4 saturated carbocycles. The van der Waals surface area contributed by atoms with E-state index in [2.05, 4.69) is 0 Å². The maximum absolute atomic E-state index is 10.5. The lowest BCUT2D eigenvalue weighted by Crippen LogP contribution is -2.02. The molecule has 1 N–H and O–H groups in total. The Morgan fingerprint density at radius 1 is 0.438 bits per heavy atom. The van der Waals surface area contributed by atoms with Crippen molar-refractivity contribution in [2.75, 3.05) is 0 Å². The molecular weight excluding hydrogens is 408 g/mol. The maximum atomic E-state index is 10.5. The molecule has 0 spiro atoms. The molecular formula is C26H44O6. The molecule has 0 aliphatic heterocycles. The number of Topliss-reactive ketones (excluding diaryl/α,β-unsaturated/α-hetero) is 4. The maximum Gasteiger partial charge on any atom is 0.300 e. The summed E-state index contributed by atoms with van der Waals surface area (Å²) >= 11 is 0. The zero-order chi connectivity index (χ0) is 24.0. The van der Waals surface area contributed by atoms with E-state index < -0.39 is 5.97 Å². The van der Waals surface area contributed by atoms with Gasteiger partial charge in [0.15, 0.2) is 0 Å². The monoisotopic (exact) mass is 452 g/mol. The minimum Gasteiger partial charge on any atom is -0.481 e. The molecule has 0 amide bonds. The SMILES string of the molecule is CC(=O)O.O=C1CCCCC1.O=C1CCCCC1.O=C1CCCCC1.O=C1CCCCC1. The molecule has 184 valence electrons. The summed E-state index contributed by atoms with van der Waals surface area (Å²) in [5.74, 6) is 1.02. The van der Waals surface area contributed by atoms with E-state index in [1.54, 1.807) is 0 Å². The van der Waals surface area contributed by atoms with Crippen LogP contribution in [-0.2, 0) is 24.0 Å². The lowest BCUT2D eigenvalue weighted by molar-refractivity contribution is -0.134. The van der Waals surface area contributed by atoms with Crippen LogP contribution in [0.25, 0.3) is 0 Å². The number of carbonyl (C=O) groups excluding carboxylic acids is 4. The highest BCUT2D eigenvalue weighted by atomic mass is 16.4. The van der Waals surface area contributed by atoms with E-state index in [1.165, 1.54) is 25.7 Å². The fourth-order valence-electron chi connectivity index (χ4n) is 3.78. The number of hydrogen-bond donors (Lipinski definition) is 1. The number of rotatable bonds is 0. The number of ketones is 4. The minimum absolute atomic E-state index is 0.464. The van der Waals surface area contributed by atoms with Gasteiger partial charge in [-0.25, -0.2) is 0 Å². The van der Waals surface area contributed by atoms with Gasteiger partial charge in [-0.05, 0) is 51.4 Å². The van der Waals surface area contributed by atoms with Gasteiger partial charge in [-0.3, -0.25) is 24.0 Å². The predicted octanol–water partition coefficient (Wildman–Crippen LogP) is 6.17. The summed E-state index contributed by atoms with van der Waals surface area (Å²) < 4.78 is 0. The van der Waals surface area contributed by atoms with Crippen LogP contribution >= 0.6 is 0 Å². The summed E-state index contributed by atoms with van der Waals surface area (Å²) in [6.45, 7) is 1.08. The number of carbonyl (C=O) groups is 5. The zero-order valence-electron chi connectivity index (χ0n) is 20.1. The second kappa shape index (κ2) is 21.0. The first-order valence-corrected chi connectivity index (χ1v) is 12.6. The molecule has 0 heterocycles. The van der Waals surface area contributed by atoms with Gasteiger partial charge in [0.25, 0.3) is 5.97 Å². The van der Waals surface area contributed by atoms with Crippen LogP contribution in [0.4, 0.5) is 0 Å². The minimum atomic E-state index is -0.833. The van der Waals surface area contributed by atoms with Gasteiger partial charge >= 0.3 is 0 Å². The van der Waals surface area contributed by atoms with Gasteiger partial charge < -0.3 is 5.11 Å². The van der Waals surface area contributed by atoms with E-state index >= 15 is 0 Å². The largest absolute Gasteiger partial charge is 0.481 e. The van der Waals surface area contributed by atoms with E-state index in [4.69, 9.17) is 9.90 Å². The average molecular weight is 453 g/mol. The second-order valence-electron chi connectivity index (χ2n) is 8.92. The molecule has 6 heteroatoms. The molecule has 0 saturated heterocycles. The van der Waals surface area contributed by atoms with Crippen molar-refractivity contribution >= 4 is 29.1 Å². The number of aliphatic carboxylic acids is 1. The van der Waals surface area contributed by atoms with E-state index in [-0.39, 0.29) is 0 Å². The van der Waals surface area contributed by atoms with Crippen molar-refractivity contribution in [1.82, 2.24) is 0 Å². The standard InChI is InChI=1S/4C6H10O.C2H4O2/c4*7-6-4-2-1-3-5-6;1-2(3)4/h4*1-5H2;1H3,(H,3,4). The lowest BCUT2D eigenvalue weighted by atomic mass is 10.00. The molecule has 0 aromatic heterocycles. The van der Waals surface area contributed by atoms with Crippen molar-refractivity contribution in [3.05, 3.63) is 0 Å². The van der Waals surface area contributed by atoms with Gasteiger partial charge in [-0.1, -0.05) is 25.7 Å². The normalized spacial score (nSPS) is 20.5. The predicted molar refractivity (Wildman–Crippen MR) is 126 cm³/mol. The number of hydrogen-bond acceptors (Lipinski definition) is 5. The summed E-state index contributed by atoms with van der Waals surface area (Å²) in [6.07, 6.45) is 21.0. The molecule has 0 atom stereocenters. The first-order chi connectivity index (χ1) is 15.3. The molecule has 4 aliphatic carbocycles. The van der Waals surface area contributed by atoms with Gasteiger partial charge in [0.2, 0.25) is 0 Å². The summed E-state index contributed by atoms with van der Waals surface area (Å²) in [6, 6.07) is 0. The van der Waals surface area contributed by atoms with E-state index in [0.29, 0.717) is 23.1 Å². The van der Waals surface area contributed by atoms with Gasteiger partial charge in [-0.2, -0.15) is 0 Å². The number of carboxylic acids is 1. The topological polar surface area (TPSA) is 106 Å². The van der Waals surface area contributed by atoms with Crippen LogP contribution in [0.5, 0.6) is 0 Å².